The van der Waals surface area contributed by atoms with E-state index in [1.54, 1.807) is 4.80 Å². The van der Waals surface area contributed by atoms with Gasteiger partial charge in [-0.25, -0.2) is 0 Å². The Balaban J connectivity index is 1.73. The molecule has 0 aliphatic carbocycles. The Morgan fingerprint density at radius 3 is 1.88 bits per heavy atom. The van der Waals surface area contributed by atoms with Gasteiger partial charge in [-0.2, -0.15) is 0 Å². The second-order valence-electron chi connectivity index (χ2n) is 9.90. The summed E-state index contributed by atoms with van der Waals surface area (Å²) >= 11 is 0. The molecule has 0 fully saturated rings. The van der Waals surface area contributed by atoms with Crippen LogP contribution in [0.5, 0.6) is 5.75 Å². The maximum absolute atomic E-state index is 11.7. The molecule has 0 bridgehead atoms. The predicted octanol–water partition coefficient (Wildman–Crippen LogP) is 6.89. The Morgan fingerprint density at radius 1 is 0.735 bits per heavy atom. The van der Waals surface area contributed by atoms with Crippen molar-refractivity contribution in [2.45, 2.75) is 33.1 Å². The molecular formula is C30H29N3O. The first kappa shape index (κ1) is 21.9. The SMILES string of the molecule is CC(C)(C)C(c1ccccc1)c1cc(Cc2ccccc2)cc(-n2nc3ccccc3n2)c1O. The van der Waals surface area contributed by atoms with Gasteiger partial charge in [0.2, 0.25) is 0 Å². The van der Waals surface area contributed by atoms with E-state index in [4.69, 9.17) is 0 Å². The molecule has 5 aromatic rings. The molecule has 1 aromatic heterocycles. The van der Waals surface area contributed by atoms with E-state index in [1.807, 2.05) is 42.5 Å². The first-order valence-electron chi connectivity index (χ1n) is 11.7. The van der Waals surface area contributed by atoms with Crippen LogP contribution in [-0.2, 0) is 6.42 Å². The van der Waals surface area contributed by atoms with Gasteiger partial charge in [0.05, 0.1) is 0 Å². The molecule has 1 heterocycles. The molecule has 0 radical (unpaired) electrons. The molecular weight excluding hydrogens is 418 g/mol. The number of hydrogen-bond acceptors (Lipinski definition) is 3. The largest absolute Gasteiger partial charge is 0.505 e. The first-order chi connectivity index (χ1) is 16.4. The molecule has 4 heteroatoms. The normalized spacial score (nSPS) is 12.7. The minimum Gasteiger partial charge on any atom is -0.505 e. The van der Waals surface area contributed by atoms with E-state index in [0.29, 0.717) is 5.69 Å². The Hall–Kier alpha value is -3.92. The van der Waals surface area contributed by atoms with Crippen LogP contribution in [0.2, 0.25) is 0 Å². The van der Waals surface area contributed by atoms with E-state index in [0.717, 1.165) is 28.6 Å². The van der Waals surface area contributed by atoms with Gasteiger partial charge in [-0.15, -0.1) is 15.0 Å². The molecule has 0 spiro atoms. The summed E-state index contributed by atoms with van der Waals surface area (Å²) in [5.41, 5.74) is 6.47. The van der Waals surface area contributed by atoms with Gasteiger partial charge in [-0.3, -0.25) is 0 Å². The highest BCUT2D eigenvalue weighted by atomic mass is 16.3. The fraction of sp³-hybridized carbons (Fsp3) is 0.200. The van der Waals surface area contributed by atoms with E-state index in [2.05, 4.69) is 85.6 Å². The van der Waals surface area contributed by atoms with Crippen molar-refractivity contribution in [1.82, 2.24) is 15.0 Å². The Kier molecular flexibility index (Phi) is 5.66. The maximum atomic E-state index is 11.7. The highest BCUT2D eigenvalue weighted by molar-refractivity contribution is 5.74. The van der Waals surface area contributed by atoms with Crippen LogP contribution in [-0.4, -0.2) is 20.1 Å². The van der Waals surface area contributed by atoms with E-state index in [9.17, 15) is 5.11 Å². The molecule has 0 aliphatic heterocycles. The van der Waals surface area contributed by atoms with Gasteiger partial charge in [0.15, 0.2) is 0 Å². The lowest BCUT2D eigenvalue weighted by molar-refractivity contribution is 0.346. The Bertz CT molecular complexity index is 1380. The van der Waals surface area contributed by atoms with Gasteiger partial charge in [0.1, 0.15) is 22.5 Å². The molecule has 1 atom stereocenters. The van der Waals surface area contributed by atoms with Crippen LogP contribution < -0.4 is 0 Å². The Morgan fingerprint density at radius 2 is 1.29 bits per heavy atom. The quantitative estimate of drug-likeness (QED) is 0.319. The number of nitrogens with zero attached hydrogens (tertiary/aromatic N) is 3. The molecule has 34 heavy (non-hydrogen) atoms. The molecule has 4 nitrogen and oxygen atoms in total. The van der Waals surface area contributed by atoms with Gasteiger partial charge in [-0.1, -0.05) is 99.6 Å². The molecule has 170 valence electrons. The maximum Gasteiger partial charge on any atom is 0.146 e. The summed E-state index contributed by atoms with van der Waals surface area (Å²) in [5, 5.41) is 21.0. The van der Waals surface area contributed by atoms with Crippen molar-refractivity contribution in [3.05, 3.63) is 119 Å². The summed E-state index contributed by atoms with van der Waals surface area (Å²) in [4.78, 5) is 1.57. The van der Waals surface area contributed by atoms with E-state index in [-0.39, 0.29) is 17.1 Å². The van der Waals surface area contributed by atoms with Crippen molar-refractivity contribution in [2.24, 2.45) is 5.41 Å². The van der Waals surface area contributed by atoms with Crippen molar-refractivity contribution in [2.75, 3.05) is 0 Å². The molecule has 0 amide bonds. The molecule has 0 aliphatic rings. The number of fused-ring (bicyclic) bond motifs is 1. The van der Waals surface area contributed by atoms with Crippen LogP contribution in [0.4, 0.5) is 0 Å². The molecule has 4 aromatic carbocycles. The lowest BCUT2D eigenvalue weighted by Gasteiger charge is -2.33. The van der Waals surface area contributed by atoms with Crippen molar-refractivity contribution in [1.29, 1.82) is 0 Å². The molecule has 1 unspecified atom stereocenters. The standard InChI is InChI=1S/C30H29N3O/c1-30(2,3)28(23-14-8-5-9-15-23)24-19-22(18-21-12-6-4-7-13-21)20-27(29(24)34)33-31-25-16-10-11-17-26(25)32-33/h4-17,19-20,28,34H,18H2,1-3H3. The summed E-state index contributed by atoms with van der Waals surface area (Å²) in [5.74, 6) is 0.217. The van der Waals surface area contributed by atoms with Crippen molar-refractivity contribution in [3.8, 4) is 11.4 Å². The van der Waals surface area contributed by atoms with E-state index >= 15 is 0 Å². The first-order valence-corrected chi connectivity index (χ1v) is 11.7. The molecule has 5 rings (SSSR count). The van der Waals surface area contributed by atoms with Gasteiger partial charge >= 0.3 is 0 Å². The minimum absolute atomic E-state index is 0.00634. The number of hydrogen-bond donors (Lipinski definition) is 1. The summed E-state index contributed by atoms with van der Waals surface area (Å²) in [6, 6.07) is 32.8. The smallest absolute Gasteiger partial charge is 0.146 e. The van der Waals surface area contributed by atoms with Crippen molar-refractivity contribution < 1.29 is 5.11 Å². The summed E-state index contributed by atoms with van der Waals surface area (Å²) in [7, 11) is 0. The molecule has 0 saturated carbocycles. The van der Waals surface area contributed by atoms with Crippen LogP contribution in [0.15, 0.2) is 97.1 Å². The van der Waals surface area contributed by atoms with Gasteiger partial charge in [0.25, 0.3) is 0 Å². The zero-order valence-corrected chi connectivity index (χ0v) is 19.8. The molecule has 1 N–H and O–H groups in total. The number of rotatable bonds is 5. The van der Waals surface area contributed by atoms with Crippen LogP contribution in [0, 0.1) is 5.41 Å². The third kappa shape index (κ3) is 4.32. The number of aromatic hydroxyl groups is 1. The molecule has 0 saturated heterocycles. The van der Waals surface area contributed by atoms with Gasteiger partial charge in [-0.05, 0) is 46.7 Å². The van der Waals surface area contributed by atoms with E-state index in [1.165, 1.54) is 11.1 Å². The van der Waals surface area contributed by atoms with Crippen LogP contribution in [0.3, 0.4) is 0 Å². The zero-order chi connectivity index (χ0) is 23.7. The fourth-order valence-electron chi connectivity index (χ4n) is 4.77. The lowest BCUT2D eigenvalue weighted by Crippen LogP contribution is -2.20. The number of phenols is 1. The minimum atomic E-state index is -0.121. The van der Waals surface area contributed by atoms with E-state index < -0.39 is 0 Å². The predicted molar refractivity (Wildman–Crippen MR) is 138 cm³/mol. The second kappa shape index (κ2) is 8.79. The lowest BCUT2D eigenvalue weighted by atomic mass is 9.72. The van der Waals surface area contributed by atoms with Crippen molar-refractivity contribution >= 4 is 11.0 Å². The topological polar surface area (TPSA) is 50.9 Å². The third-order valence-electron chi connectivity index (χ3n) is 6.24. The number of aromatic nitrogens is 3. The second-order valence-corrected chi connectivity index (χ2v) is 9.90. The average Bonchev–Trinajstić information content (AvgIpc) is 3.26. The average molecular weight is 448 g/mol. The van der Waals surface area contributed by atoms with Crippen LogP contribution >= 0.6 is 0 Å². The number of benzene rings is 4. The van der Waals surface area contributed by atoms with Crippen molar-refractivity contribution in [3.63, 3.8) is 0 Å². The monoisotopic (exact) mass is 447 g/mol. The highest BCUT2D eigenvalue weighted by Gasteiger charge is 2.31. The summed E-state index contributed by atoms with van der Waals surface area (Å²) in [6.07, 6.45) is 0.758. The Labute approximate surface area is 200 Å². The summed E-state index contributed by atoms with van der Waals surface area (Å²) in [6.45, 7) is 6.65. The number of phenolic OH excluding ortho intramolecular Hbond substituents is 1. The third-order valence-corrected chi connectivity index (χ3v) is 6.24. The van der Waals surface area contributed by atoms with Crippen LogP contribution in [0.1, 0.15) is 48.9 Å². The highest BCUT2D eigenvalue weighted by Crippen LogP contribution is 2.46. The fourth-order valence-corrected chi connectivity index (χ4v) is 4.77. The van der Waals surface area contributed by atoms with Gasteiger partial charge in [0, 0.05) is 11.5 Å². The van der Waals surface area contributed by atoms with Gasteiger partial charge < -0.3 is 5.11 Å². The summed E-state index contributed by atoms with van der Waals surface area (Å²) < 4.78 is 0. The zero-order valence-electron chi connectivity index (χ0n) is 19.8. The van der Waals surface area contributed by atoms with Crippen LogP contribution in [0.25, 0.3) is 16.7 Å².